The molecule has 0 bridgehead atoms. The normalized spacial score (nSPS) is 12.6. The van der Waals surface area contributed by atoms with Crippen LogP contribution in [0.25, 0.3) is 0 Å². The minimum atomic E-state index is 0.0153. The highest BCUT2D eigenvalue weighted by molar-refractivity contribution is 5.94. The van der Waals surface area contributed by atoms with Crippen molar-refractivity contribution >= 4 is 5.78 Å². The SMILES string of the molecule is CC(C)(C)CC(=O)c1ccc(C(C)(C)C)cn1. The first-order valence-electron chi connectivity index (χ1n) is 6.09. The van der Waals surface area contributed by atoms with E-state index in [0.717, 1.165) is 5.56 Å². The van der Waals surface area contributed by atoms with Crippen molar-refractivity contribution in [1.82, 2.24) is 4.98 Å². The second-order valence-corrected chi connectivity index (χ2v) is 6.84. The molecule has 0 atom stereocenters. The first kappa shape index (κ1) is 13.9. The Balaban J connectivity index is 2.85. The number of nitrogens with zero attached hydrogens (tertiary/aromatic N) is 1. The number of carbonyl (C=O) groups is 1. The Morgan fingerprint density at radius 1 is 1.12 bits per heavy atom. The van der Waals surface area contributed by atoms with Crippen molar-refractivity contribution in [3.05, 3.63) is 29.6 Å². The number of aromatic nitrogens is 1. The molecule has 0 unspecified atom stereocenters. The first-order valence-corrected chi connectivity index (χ1v) is 6.09. The second-order valence-electron chi connectivity index (χ2n) is 6.84. The minimum absolute atomic E-state index is 0.0153. The van der Waals surface area contributed by atoms with Crippen LogP contribution >= 0.6 is 0 Å². The Morgan fingerprint density at radius 3 is 2.06 bits per heavy atom. The summed E-state index contributed by atoms with van der Waals surface area (Å²) >= 11 is 0. The van der Waals surface area contributed by atoms with Crippen molar-refractivity contribution < 1.29 is 4.79 Å². The lowest BCUT2D eigenvalue weighted by Gasteiger charge is -2.19. The van der Waals surface area contributed by atoms with Crippen molar-refractivity contribution in [2.45, 2.75) is 53.4 Å². The van der Waals surface area contributed by atoms with Crippen LogP contribution in [0.4, 0.5) is 0 Å². The van der Waals surface area contributed by atoms with Gasteiger partial charge in [0.25, 0.3) is 0 Å². The number of pyridine rings is 1. The maximum atomic E-state index is 12.0. The van der Waals surface area contributed by atoms with Gasteiger partial charge in [0.05, 0.1) is 0 Å². The monoisotopic (exact) mass is 233 g/mol. The molecular formula is C15H23NO. The zero-order chi connectivity index (χ0) is 13.3. The fourth-order valence-electron chi connectivity index (χ4n) is 1.57. The van der Waals surface area contributed by atoms with E-state index in [1.165, 1.54) is 0 Å². The molecule has 0 aliphatic carbocycles. The molecule has 0 aliphatic heterocycles. The molecule has 0 aromatic carbocycles. The van der Waals surface area contributed by atoms with Gasteiger partial charge in [-0.25, -0.2) is 0 Å². The quantitative estimate of drug-likeness (QED) is 0.723. The number of Topliss-reactive ketones (excluding diaryl/α,β-unsaturated/α-hetero) is 1. The van der Waals surface area contributed by atoms with Crippen LogP contribution in [-0.2, 0) is 5.41 Å². The smallest absolute Gasteiger partial charge is 0.181 e. The summed E-state index contributed by atoms with van der Waals surface area (Å²) in [4.78, 5) is 16.2. The van der Waals surface area contributed by atoms with E-state index in [4.69, 9.17) is 0 Å². The molecule has 1 aromatic rings. The summed E-state index contributed by atoms with van der Waals surface area (Å²) in [6, 6.07) is 3.84. The van der Waals surface area contributed by atoms with Gasteiger partial charge in [-0.3, -0.25) is 9.78 Å². The zero-order valence-electron chi connectivity index (χ0n) is 11.8. The lowest BCUT2D eigenvalue weighted by Crippen LogP contribution is -2.16. The fourth-order valence-corrected chi connectivity index (χ4v) is 1.57. The topological polar surface area (TPSA) is 30.0 Å². The van der Waals surface area contributed by atoms with E-state index in [-0.39, 0.29) is 16.6 Å². The maximum absolute atomic E-state index is 12.0. The van der Waals surface area contributed by atoms with Gasteiger partial charge >= 0.3 is 0 Å². The van der Waals surface area contributed by atoms with Crippen LogP contribution in [0.5, 0.6) is 0 Å². The third-order valence-corrected chi connectivity index (χ3v) is 2.61. The highest BCUT2D eigenvalue weighted by atomic mass is 16.1. The van der Waals surface area contributed by atoms with Crippen molar-refractivity contribution in [3.8, 4) is 0 Å². The summed E-state index contributed by atoms with van der Waals surface area (Å²) in [5, 5.41) is 0. The Labute approximate surface area is 104 Å². The molecule has 0 saturated heterocycles. The van der Waals surface area contributed by atoms with Crippen LogP contribution in [0.2, 0.25) is 0 Å². The van der Waals surface area contributed by atoms with Crippen LogP contribution in [0.1, 0.15) is 64.0 Å². The largest absolute Gasteiger partial charge is 0.292 e. The molecule has 0 spiro atoms. The summed E-state index contributed by atoms with van der Waals surface area (Å²) in [6.07, 6.45) is 2.35. The van der Waals surface area contributed by atoms with E-state index in [2.05, 4.69) is 46.5 Å². The highest BCUT2D eigenvalue weighted by Crippen LogP contribution is 2.23. The van der Waals surface area contributed by atoms with E-state index in [9.17, 15) is 4.79 Å². The average molecular weight is 233 g/mol. The lowest BCUT2D eigenvalue weighted by molar-refractivity contribution is 0.0935. The Kier molecular flexibility index (Phi) is 3.75. The summed E-state index contributed by atoms with van der Waals surface area (Å²) in [6.45, 7) is 12.6. The van der Waals surface area contributed by atoms with Crippen molar-refractivity contribution in [2.24, 2.45) is 5.41 Å². The third kappa shape index (κ3) is 4.29. The van der Waals surface area contributed by atoms with Gasteiger partial charge in [0, 0.05) is 12.6 Å². The fraction of sp³-hybridized carbons (Fsp3) is 0.600. The van der Waals surface area contributed by atoms with Gasteiger partial charge in [-0.1, -0.05) is 47.6 Å². The molecule has 2 heteroatoms. The van der Waals surface area contributed by atoms with E-state index < -0.39 is 0 Å². The van der Waals surface area contributed by atoms with E-state index in [1.807, 2.05) is 18.3 Å². The van der Waals surface area contributed by atoms with Crippen LogP contribution in [-0.4, -0.2) is 10.8 Å². The van der Waals surface area contributed by atoms with E-state index >= 15 is 0 Å². The Bertz CT molecular complexity index is 390. The summed E-state index contributed by atoms with van der Waals surface area (Å²) < 4.78 is 0. The molecule has 0 fully saturated rings. The van der Waals surface area contributed by atoms with Gasteiger partial charge < -0.3 is 0 Å². The molecule has 94 valence electrons. The number of ketones is 1. The molecule has 0 saturated carbocycles. The van der Waals surface area contributed by atoms with E-state index in [1.54, 1.807) is 0 Å². The predicted octanol–water partition coefficient (Wildman–Crippen LogP) is 4.00. The highest BCUT2D eigenvalue weighted by Gasteiger charge is 2.19. The van der Waals surface area contributed by atoms with Gasteiger partial charge in [-0.2, -0.15) is 0 Å². The van der Waals surface area contributed by atoms with Crippen molar-refractivity contribution in [2.75, 3.05) is 0 Å². The van der Waals surface area contributed by atoms with Gasteiger partial charge in [0.15, 0.2) is 5.78 Å². The Hall–Kier alpha value is -1.18. The number of hydrogen-bond acceptors (Lipinski definition) is 2. The standard InChI is InChI=1S/C15H23NO/c1-14(2,3)9-13(17)12-8-7-11(10-16-12)15(4,5)6/h7-8,10H,9H2,1-6H3. The molecular weight excluding hydrogens is 210 g/mol. The molecule has 0 radical (unpaired) electrons. The van der Waals surface area contributed by atoms with Gasteiger partial charge in [0.2, 0.25) is 0 Å². The number of hydrogen-bond donors (Lipinski definition) is 0. The van der Waals surface area contributed by atoms with Gasteiger partial charge in [-0.05, 0) is 22.5 Å². The van der Waals surface area contributed by atoms with Crippen molar-refractivity contribution in [3.63, 3.8) is 0 Å². The predicted molar refractivity (Wildman–Crippen MR) is 71.3 cm³/mol. The number of rotatable bonds is 2. The van der Waals surface area contributed by atoms with Gasteiger partial charge in [-0.15, -0.1) is 0 Å². The van der Waals surface area contributed by atoms with Crippen LogP contribution in [0, 0.1) is 5.41 Å². The van der Waals surface area contributed by atoms with Crippen LogP contribution in [0.15, 0.2) is 18.3 Å². The van der Waals surface area contributed by atoms with Gasteiger partial charge in [0.1, 0.15) is 5.69 Å². The maximum Gasteiger partial charge on any atom is 0.181 e. The molecule has 17 heavy (non-hydrogen) atoms. The molecule has 0 aliphatic rings. The van der Waals surface area contributed by atoms with Crippen LogP contribution in [0.3, 0.4) is 0 Å². The number of carbonyl (C=O) groups excluding carboxylic acids is 1. The zero-order valence-corrected chi connectivity index (χ0v) is 11.8. The average Bonchev–Trinajstić information content (AvgIpc) is 2.14. The first-order chi connectivity index (χ1) is 7.59. The minimum Gasteiger partial charge on any atom is -0.292 e. The lowest BCUT2D eigenvalue weighted by atomic mass is 9.87. The molecule has 0 amide bonds. The van der Waals surface area contributed by atoms with E-state index in [0.29, 0.717) is 12.1 Å². The molecule has 1 rings (SSSR count). The second kappa shape index (κ2) is 4.59. The van der Waals surface area contributed by atoms with Crippen molar-refractivity contribution in [1.29, 1.82) is 0 Å². The third-order valence-electron chi connectivity index (χ3n) is 2.61. The molecule has 1 aromatic heterocycles. The molecule has 2 nitrogen and oxygen atoms in total. The molecule has 0 N–H and O–H groups in total. The van der Waals surface area contributed by atoms with Crippen LogP contribution < -0.4 is 0 Å². The Morgan fingerprint density at radius 2 is 1.71 bits per heavy atom. The summed E-state index contributed by atoms with van der Waals surface area (Å²) in [5.41, 5.74) is 1.83. The summed E-state index contributed by atoms with van der Waals surface area (Å²) in [5.74, 6) is 0.123. The molecule has 1 heterocycles. The summed E-state index contributed by atoms with van der Waals surface area (Å²) in [7, 11) is 0.